The van der Waals surface area contributed by atoms with Gasteiger partial charge < -0.3 is 30.3 Å². The molecule has 0 saturated heterocycles. The number of nitrogens with two attached hydrogens (primary N) is 1. The topological polar surface area (TPSA) is 175 Å². The first-order valence-corrected chi connectivity index (χ1v) is 21.7. The van der Waals surface area contributed by atoms with E-state index in [1.54, 1.807) is 36.5 Å². The Kier molecular flexibility index (Phi) is 36.6. The van der Waals surface area contributed by atoms with Crippen LogP contribution in [0.2, 0.25) is 0 Å². The summed E-state index contributed by atoms with van der Waals surface area (Å²) in [5.74, 6) is -1.06. The number of allylic oxidation sites excluding steroid dienone is 16. The SMILES string of the molecule is CC/C=C\C/C=C\C/C=C\C/C=C\CCCCC(=O)O[C@H](COC(=O)CC/C=C\C/C=C\C[C@H](O)/C=C/C=C\C=C\[C@H](O)C/C=C\CC)COP(=O)(O)OCCN. The average molecular weight is 816 g/mol. The molecule has 57 heavy (non-hydrogen) atoms. The fourth-order valence-corrected chi connectivity index (χ4v) is 5.29. The Balaban J connectivity index is 4.53. The highest BCUT2D eigenvalue weighted by molar-refractivity contribution is 7.47. The predicted molar refractivity (Wildman–Crippen MR) is 231 cm³/mol. The van der Waals surface area contributed by atoms with Gasteiger partial charge in [-0.05, 0) is 77.0 Å². The van der Waals surface area contributed by atoms with E-state index in [4.69, 9.17) is 24.3 Å². The third-order valence-corrected chi connectivity index (χ3v) is 8.51. The molecule has 0 radical (unpaired) electrons. The molecule has 0 aliphatic heterocycles. The minimum atomic E-state index is -4.44. The van der Waals surface area contributed by atoms with E-state index in [1.165, 1.54) is 0 Å². The summed E-state index contributed by atoms with van der Waals surface area (Å²) in [4.78, 5) is 34.8. The molecule has 0 rings (SSSR count). The van der Waals surface area contributed by atoms with Crippen LogP contribution in [0.25, 0.3) is 0 Å². The number of esters is 2. The Morgan fingerprint density at radius 3 is 1.70 bits per heavy atom. The van der Waals surface area contributed by atoms with Gasteiger partial charge in [-0.25, -0.2) is 4.57 Å². The van der Waals surface area contributed by atoms with E-state index in [0.29, 0.717) is 32.1 Å². The van der Waals surface area contributed by atoms with Crippen LogP contribution in [0.5, 0.6) is 0 Å². The zero-order chi connectivity index (χ0) is 42.1. The van der Waals surface area contributed by atoms with Crippen LogP contribution in [0, 0.1) is 0 Å². The molecule has 0 aliphatic carbocycles. The quantitative estimate of drug-likeness (QED) is 0.0158. The molecule has 5 N–H and O–H groups in total. The molecule has 0 aliphatic rings. The second-order valence-electron chi connectivity index (χ2n) is 12.8. The van der Waals surface area contributed by atoms with Crippen molar-refractivity contribution in [3.05, 3.63) is 122 Å². The molecule has 0 saturated carbocycles. The van der Waals surface area contributed by atoms with E-state index in [0.717, 1.165) is 44.9 Å². The van der Waals surface area contributed by atoms with Crippen LogP contribution in [0.1, 0.15) is 104 Å². The van der Waals surface area contributed by atoms with Crippen LogP contribution in [0.4, 0.5) is 0 Å². The summed E-state index contributed by atoms with van der Waals surface area (Å²) in [5, 5.41) is 19.9. The van der Waals surface area contributed by atoms with Crippen molar-refractivity contribution < 1.29 is 47.8 Å². The van der Waals surface area contributed by atoms with Gasteiger partial charge in [0.15, 0.2) is 6.10 Å². The number of rotatable bonds is 35. The van der Waals surface area contributed by atoms with Gasteiger partial charge >= 0.3 is 19.8 Å². The van der Waals surface area contributed by atoms with Gasteiger partial charge in [0.1, 0.15) is 6.61 Å². The predicted octanol–water partition coefficient (Wildman–Crippen LogP) is 9.32. The molecular weight excluding hydrogens is 745 g/mol. The van der Waals surface area contributed by atoms with Crippen molar-refractivity contribution in [2.45, 2.75) is 122 Å². The Morgan fingerprint density at radius 1 is 0.614 bits per heavy atom. The molecule has 11 nitrogen and oxygen atoms in total. The molecule has 0 aromatic rings. The summed E-state index contributed by atoms with van der Waals surface area (Å²) < 4.78 is 32.5. The number of phosphoric ester groups is 1. The fourth-order valence-electron chi connectivity index (χ4n) is 4.53. The summed E-state index contributed by atoms with van der Waals surface area (Å²) in [5.41, 5.74) is 5.32. The number of aliphatic hydroxyl groups excluding tert-OH is 2. The lowest BCUT2D eigenvalue weighted by atomic mass is 10.2. The first kappa shape index (κ1) is 53.3. The molecule has 12 heteroatoms. The molecule has 4 atom stereocenters. The maximum absolute atomic E-state index is 12.5. The highest BCUT2D eigenvalue weighted by Gasteiger charge is 2.25. The van der Waals surface area contributed by atoms with Gasteiger partial charge in [-0.1, -0.05) is 135 Å². The van der Waals surface area contributed by atoms with Crippen LogP contribution in [-0.2, 0) is 32.7 Å². The normalized spacial score (nSPS) is 15.7. The largest absolute Gasteiger partial charge is 0.472 e. The first-order chi connectivity index (χ1) is 27.6. The van der Waals surface area contributed by atoms with Crippen LogP contribution in [-0.4, -0.2) is 71.7 Å². The fraction of sp³-hybridized carbons (Fsp3) is 0.511. The number of hydrogen-bond donors (Lipinski definition) is 4. The Labute approximate surface area is 342 Å². The lowest BCUT2D eigenvalue weighted by Crippen LogP contribution is -2.29. The van der Waals surface area contributed by atoms with Crippen LogP contribution < -0.4 is 5.73 Å². The van der Waals surface area contributed by atoms with Crippen molar-refractivity contribution in [2.75, 3.05) is 26.4 Å². The van der Waals surface area contributed by atoms with Gasteiger partial charge in [-0.15, -0.1) is 0 Å². The molecule has 0 aromatic carbocycles. The zero-order valence-electron chi connectivity index (χ0n) is 34.2. The van der Waals surface area contributed by atoms with Crippen molar-refractivity contribution in [3.63, 3.8) is 0 Å². The molecular formula is C45H70NO10P. The standard InChI is InChI=1S/C45H70NO10P/c1-3-5-7-8-9-10-11-12-13-14-15-16-17-22-30-36-45(50)56-43(40-55-57(51,52)54-38-37-46)39-53-44(49)35-29-21-19-18-20-26-32-42(48)34-28-24-23-27-33-41(47)31-25-6-4-2/h5-7,9-10,12-13,15-16,19-21,23-28,33-34,41-43,47-48H,3-4,8,11,14,17-18,22,29-32,35-40,46H2,1-2H3,(H,51,52)/b7-5-,10-9-,13-12-,16-15-,21-19-,24-23-,25-6-,26-20-,33-27+,34-28+/t41-,42+,43-/m1/s1. The minimum Gasteiger partial charge on any atom is -0.462 e. The summed E-state index contributed by atoms with van der Waals surface area (Å²) in [6.45, 7) is 3.12. The maximum atomic E-state index is 12.5. The van der Waals surface area contributed by atoms with Crippen molar-refractivity contribution in [2.24, 2.45) is 5.73 Å². The van der Waals surface area contributed by atoms with E-state index in [1.807, 2.05) is 43.4 Å². The third-order valence-electron chi connectivity index (χ3n) is 7.52. The molecule has 0 aromatic heterocycles. The summed E-state index contributed by atoms with van der Waals surface area (Å²) >= 11 is 0. The lowest BCUT2D eigenvalue weighted by Gasteiger charge is -2.19. The van der Waals surface area contributed by atoms with Gasteiger partial charge in [0.2, 0.25) is 0 Å². The van der Waals surface area contributed by atoms with Crippen molar-refractivity contribution in [3.8, 4) is 0 Å². The number of unbranched alkanes of at least 4 members (excludes halogenated alkanes) is 2. The number of ether oxygens (including phenoxy) is 2. The van der Waals surface area contributed by atoms with E-state index < -0.39 is 44.7 Å². The lowest BCUT2D eigenvalue weighted by molar-refractivity contribution is -0.161. The van der Waals surface area contributed by atoms with Crippen LogP contribution in [0.15, 0.2) is 122 Å². The highest BCUT2D eigenvalue weighted by Crippen LogP contribution is 2.43. The second-order valence-corrected chi connectivity index (χ2v) is 14.2. The number of hydrogen-bond acceptors (Lipinski definition) is 10. The maximum Gasteiger partial charge on any atom is 0.472 e. The third kappa shape index (κ3) is 39.0. The Hall–Kier alpha value is -3.67. The molecule has 0 amide bonds. The minimum absolute atomic E-state index is 0.0128. The number of phosphoric acid groups is 1. The van der Waals surface area contributed by atoms with Crippen molar-refractivity contribution >= 4 is 19.8 Å². The van der Waals surface area contributed by atoms with Gasteiger partial charge in [-0.3, -0.25) is 18.6 Å². The van der Waals surface area contributed by atoms with Crippen LogP contribution in [0.3, 0.4) is 0 Å². The summed E-state index contributed by atoms with van der Waals surface area (Å²) in [6, 6.07) is 0. The first-order valence-electron chi connectivity index (χ1n) is 20.2. The zero-order valence-corrected chi connectivity index (χ0v) is 35.1. The number of carbonyl (C=O) groups excluding carboxylic acids is 2. The van der Waals surface area contributed by atoms with E-state index >= 15 is 0 Å². The van der Waals surface area contributed by atoms with Crippen molar-refractivity contribution in [1.82, 2.24) is 0 Å². The molecule has 0 heterocycles. The summed E-state index contributed by atoms with van der Waals surface area (Å²) in [6.07, 6.45) is 46.0. The van der Waals surface area contributed by atoms with E-state index in [-0.39, 0.29) is 32.6 Å². The molecule has 1 unspecified atom stereocenters. The van der Waals surface area contributed by atoms with E-state index in [9.17, 15) is 29.3 Å². The number of carbonyl (C=O) groups is 2. The van der Waals surface area contributed by atoms with Gasteiger partial charge in [-0.2, -0.15) is 0 Å². The van der Waals surface area contributed by atoms with Gasteiger partial charge in [0.25, 0.3) is 0 Å². The molecule has 0 bridgehead atoms. The molecule has 0 fully saturated rings. The van der Waals surface area contributed by atoms with Gasteiger partial charge in [0, 0.05) is 19.4 Å². The van der Waals surface area contributed by atoms with Crippen molar-refractivity contribution in [1.29, 1.82) is 0 Å². The summed E-state index contributed by atoms with van der Waals surface area (Å²) in [7, 11) is -4.44. The second kappa shape index (κ2) is 39.2. The Bertz CT molecular complexity index is 1380. The Morgan fingerprint density at radius 2 is 1.12 bits per heavy atom. The molecule has 0 spiro atoms. The smallest absolute Gasteiger partial charge is 0.462 e. The van der Waals surface area contributed by atoms with Crippen LogP contribution >= 0.6 is 7.82 Å². The highest BCUT2D eigenvalue weighted by atomic mass is 31.2. The monoisotopic (exact) mass is 815 g/mol. The number of aliphatic hydroxyl groups is 2. The van der Waals surface area contributed by atoms with Gasteiger partial charge in [0.05, 0.1) is 25.4 Å². The molecule has 320 valence electrons. The average Bonchev–Trinajstić information content (AvgIpc) is 3.19. The van der Waals surface area contributed by atoms with E-state index in [2.05, 4.69) is 55.5 Å².